The SMILES string of the molecule is N#CC1=C(N)N(c2nnc(SCc3cccc(C(F)(F)F)c3)s2)C2=C(C(=O)CCC2)[C@H]1c1ccc([N+](=O)[O-])cc1. The van der Waals surface area contributed by atoms with Crippen molar-refractivity contribution in [1.82, 2.24) is 10.2 Å². The van der Waals surface area contributed by atoms with Crippen LogP contribution in [0.4, 0.5) is 24.0 Å². The Hall–Kier alpha value is -4.22. The summed E-state index contributed by atoms with van der Waals surface area (Å²) < 4.78 is 39.7. The van der Waals surface area contributed by atoms with Gasteiger partial charge in [-0.25, -0.2) is 0 Å². The first kappa shape index (κ1) is 27.4. The van der Waals surface area contributed by atoms with Gasteiger partial charge >= 0.3 is 6.18 Å². The first-order valence-electron chi connectivity index (χ1n) is 11.9. The summed E-state index contributed by atoms with van der Waals surface area (Å²) in [7, 11) is 0. The van der Waals surface area contributed by atoms with Gasteiger partial charge in [-0.2, -0.15) is 18.4 Å². The number of hydrogen-bond donors (Lipinski definition) is 1. The van der Waals surface area contributed by atoms with Crippen molar-refractivity contribution in [2.45, 2.75) is 41.4 Å². The molecule has 9 nitrogen and oxygen atoms in total. The molecule has 3 aromatic rings. The second-order valence-corrected chi connectivity index (χ2v) is 11.2. The Morgan fingerprint density at radius 1 is 1.20 bits per heavy atom. The molecule has 5 rings (SSSR count). The molecule has 0 amide bonds. The van der Waals surface area contributed by atoms with E-state index in [0.717, 1.165) is 23.5 Å². The molecule has 0 spiro atoms. The van der Waals surface area contributed by atoms with Crippen molar-refractivity contribution < 1.29 is 22.9 Å². The standard InChI is InChI=1S/C26H19F3N6O3S2/c27-26(28,29)16-4-1-3-14(11-16)13-39-25-33-32-24(40-25)34-19-5-2-6-20(36)22(19)21(18(12-30)23(34)31)15-7-9-17(10-8-15)35(37)38/h1,3-4,7-11,21H,2,5-6,13,31H2/t21-/m0/s1. The minimum atomic E-state index is -4.44. The number of rotatable bonds is 6. The topological polar surface area (TPSA) is 139 Å². The van der Waals surface area contributed by atoms with Crippen LogP contribution in [0.3, 0.4) is 0 Å². The minimum Gasteiger partial charge on any atom is -0.384 e. The number of benzene rings is 2. The van der Waals surface area contributed by atoms with Gasteiger partial charge in [-0.3, -0.25) is 19.8 Å². The summed E-state index contributed by atoms with van der Waals surface area (Å²) in [6, 6.07) is 12.8. The van der Waals surface area contributed by atoms with Crippen LogP contribution in [0, 0.1) is 21.4 Å². The van der Waals surface area contributed by atoms with Crippen LogP contribution < -0.4 is 10.6 Å². The van der Waals surface area contributed by atoms with Crippen molar-refractivity contribution >= 4 is 39.7 Å². The molecule has 0 bridgehead atoms. The van der Waals surface area contributed by atoms with Gasteiger partial charge in [-0.05, 0) is 30.0 Å². The second-order valence-electron chi connectivity index (χ2n) is 9.00. The van der Waals surface area contributed by atoms with E-state index in [1.807, 2.05) is 0 Å². The van der Waals surface area contributed by atoms with Gasteiger partial charge in [0, 0.05) is 35.6 Å². The molecular weight excluding hydrogens is 565 g/mol. The van der Waals surface area contributed by atoms with Gasteiger partial charge in [-0.1, -0.05) is 53.4 Å². The van der Waals surface area contributed by atoms with E-state index in [0.29, 0.717) is 44.7 Å². The number of aromatic nitrogens is 2. The molecule has 1 atom stereocenters. The number of carbonyl (C=O) groups excluding carboxylic acids is 1. The number of allylic oxidation sites excluding steroid dienone is 3. The van der Waals surface area contributed by atoms with Gasteiger partial charge in [0.1, 0.15) is 5.82 Å². The summed E-state index contributed by atoms with van der Waals surface area (Å²) >= 11 is 2.35. The number of Topliss-reactive ketones (excluding diaryl/α,β-unsaturated/α-hetero) is 1. The van der Waals surface area contributed by atoms with Crippen LogP contribution >= 0.6 is 23.1 Å². The molecule has 2 N–H and O–H groups in total. The van der Waals surface area contributed by atoms with Crippen LogP contribution in [0.25, 0.3) is 0 Å². The highest BCUT2D eigenvalue weighted by molar-refractivity contribution is 8.00. The van der Waals surface area contributed by atoms with Crippen LogP contribution in [0.15, 0.2) is 75.5 Å². The van der Waals surface area contributed by atoms with Gasteiger partial charge in [0.05, 0.1) is 28.0 Å². The van der Waals surface area contributed by atoms with Crippen molar-refractivity contribution in [3.05, 3.63) is 98.0 Å². The second kappa shape index (κ2) is 10.7. The van der Waals surface area contributed by atoms with E-state index in [4.69, 9.17) is 5.73 Å². The number of ketones is 1. The quantitative estimate of drug-likeness (QED) is 0.208. The molecule has 2 aromatic carbocycles. The Morgan fingerprint density at radius 3 is 2.62 bits per heavy atom. The van der Waals surface area contributed by atoms with Crippen LogP contribution in [0.2, 0.25) is 0 Å². The average molecular weight is 585 g/mol. The number of halogens is 3. The third-order valence-electron chi connectivity index (χ3n) is 6.55. The molecular formula is C26H19F3N6O3S2. The van der Waals surface area contributed by atoms with Crippen molar-refractivity contribution in [3.8, 4) is 6.07 Å². The largest absolute Gasteiger partial charge is 0.416 e. The molecule has 0 fully saturated rings. The number of nitriles is 1. The fraction of sp³-hybridized carbons (Fsp3) is 0.231. The summed E-state index contributed by atoms with van der Waals surface area (Å²) in [6.07, 6.45) is -3.12. The minimum absolute atomic E-state index is 0.0740. The Bertz CT molecular complexity index is 1610. The van der Waals surface area contributed by atoms with Crippen LogP contribution in [0.1, 0.15) is 41.9 Å². The van der Waals surface area contributed by atoms with E-state index in [-0.39, 0.29) is 35.0 Å². The summed E-state index contributed by atoms with van der Waals surface area (Å²) in [5.41, 5.74) is 7.73. The smallest absolute Gasteiger partial charge is 0.384 e. The first-order chi connectivity index (χ1) is 19.1. The van der Waals surface area contributed by atoms with Crippen LogP contribution in [-0.2, 0) is 16.7 Å². The predicted molar refractivity (Wildman–Crippen MR) is 142 cm³/mol. The number of thioether (sulfide) groups is 1. The van der Waals surface area contributed by atoms with Crippen molar-refractivity contribution in [2.24, 2.45) is 5.73 Å². The number of anilines is 1. The van der Waals surface area contributed by atoms with Crippen molar-refractivity contribution in [2.75, 3.05) is 4.90 Å². The number of hydrogen-bond acceptors (Lipinski definition) is 10. The molecule has 2 heterocycles. The molecule has 0 radical (unpaired) electrons. The molecule has 1 aliphatic carbocycles. The number of non-ortho nitro benzene ring substituents is 1. The van der Waals surface area contributed by atoms with Gasteiger partial charge < -0.3 is 5.73 Å². The number of nitrogens with zero attached hydrogens (tertiary/aromatic N) is 5. The average Bonchev–Trinajstić information content (AvgIpc) is 3.39. The fourth-order valence-corrected chi connectivity index (χ4v) is 6.58. The zero-order valence-corrected chi connectivity index (χ0v) is 22.1. The zero-order valence-electron chi connectivity index (χ0n) is 20.5. The maximum atomic E-state index is 13.2. The predicted octanol–water partition coefficient (Wildman–Crippen LogP) is 6.06. The van der Waals surface area contributed by atoms with Crippen molar-refractivity contribution in [3.63, 3.8) is 0 Å². The molecule has 204 valence electrons. The Morgan fingerprint density at radius 2 is 1.95 bits per heavy atom. The highest BCUT2D eigenvalue weighted by atomic mass is 32.2. The molecule has 0 unspecified atom stereocenters. The Balaban J connectivity index is 1.48. The maximum absolute atomic E-state index is 13.2. The molecule has 40 heavy (non-hydrogen) atoms. The van der Waals surface area contributed by atoms with Crippen molar-refractivity contribution in [1.29, 1.82) is 5.26 Å². The third kappa shape index (κ3) is 5.17. The van der Waals surface area contributed by atoms with E-state index in [9.17, 15) is 33.3 Å². The highest BCUT2D eigenvalue weighted by Gasteiger charge is 2.41. The molecule has 0 saturated carbocycles. The molecule has 0 saturated heterocycles. The summed E-state index contributed by atoms with van der Waals surface area (Å²) in [5.74, 6) is -0.641. The Labute approximate surface area is 234 Å². The van der Waals surface area contributed by atoms with Gasteiger partial charge in [0.25, 0.3) is 5.69 Å². The summed E-state index contributed by atoms with van der Waals surface area (Å²) in [6.45, 7) is 0. The third-order valence-corrected chi connectivity index (χ3v) is 8.67. The Kier molecular flexibility index (Phi) is 7.35. The monoisotopic (exact) mass is 584 g/mol. The lowest BCUT2D eigenvalue weighted by atomic mass is 9.76. The van der Waals surface area contributed by atoms with E-state index in [1.54, 1.807) is 11.0 Å². The molecule has 14 heteroatoms. The van der Waals surface area contributed by atoms with Crippen LogP contribution in [-0.4, -0.2) is 20.9 Å². The number of alkyl halides is 3. The number of carbonyl (C=O) groups is 1. The normalized spacial score (nSPS) is 17.6. The lowest BCUT2D eigenvalue weighted by Gasteiger charge is -2.38. The molecule has 1 aromatic heterocycles. The molecule has 1 aliphatic heterocycles. The summed E-state index contributed by atoms with van der Waals surface area (Å²) in [4.78, 5) is 25.4. The maximum Gasteiger partial charge on any atom is 0.416 e. The number of nitrogens with two attached hydrogens (primary N) is 1. The highest BCUT2D eigenvalue weighted by Crippen LogP contribution is 2.47. The number of nitro groups is 1. The number of nitro benzene ring substituents is 1. The summed E-state index contributed by atoms with van der Waals surface area (Å²) in [5, 5.41) is 29.9. The van der Waals surface area contributed by atoms with Gasteiger partial charge in [0.15, 0.2) is 10.1 Å². The van der Waals surface area contributed by atoms with E-state index in [2.05, 4.69) is 16.3 Å². The van der Waals surface area contributed by atoms with Crippen LogP contribution in [0.5, 0.6) is 0 Å². The first-order valence-corrected chi connectivity index (χ1v) is 13.7. The van der Waals surface area contributed by atoms with E-state index >= 15 is 0 Å². The zero-order chi connectivity index (χ0) is 28.6. The van der Waals surface area contributed by atoms with E-state index in [1.165, 1.54) is 42.1 Å². The fourth-order valence-electron chi connectivity index (χ4n) is 4.76. The lowest BCUT2D eigenvalue weighted by molar-refractivity contribution is -0.384. The van der Waals surface area contributed by atoms with Gasteiger partial charge in [-0.15, -0.1) is 10.2 Å². The van der Waals surface area contributed by atoms with Gasteiger partial charge in [0.2, 0.25) is 5.13 Å². The lowest BCUT2D eigenvalue weighted by Crippen LogP contribution is -2.38. The van der Waals surface area contributed by atoms with E-state index < -0.39 is 22.6 Å². The molecule has 2 aliphatic rings.